The fourth-order valence-electron chi connectivity index (χ4n) is 6.46. The van der Waals surface area contributed by atoms with E-state index in [9.17, 15) is 8.78 Å². The first-order chi connectivity index (χ1) is 18.4. The Labute approximate surface area is 225 Å². The number of unbranched alkanes of at least 4 members (excludes halogenated alkanes) is 2. The fraction of sp³-hybridized carbons (Fsp3) is 0.576. The first kappa shape index (κ1) is 28.7. The summed E-state index contributed by atoms with van der Waals surface area (Å²) in [6.07, 6.45) is 15.8. The molecule has 1 nitrogen and oxygen atoms in total. The molecule has 2 aromatic carbocycles. The summed E-state index contributed by atoms with van der Waals surface area (Å²) < 4.78 is 64.1. The van der Waals surface area contributed by atoms with E-state index in [1.807, 2.05) is 18.2 Å². The number of hydrogen-bond acceptors (Lipinski definition) is 1. The van der Waals surface area contributed by atoms with E-state index >= 15 is 8.78 Å². The first-order valence-electron chi connectivity index (χ1n) is 14.7. The number of hydrogen-bond donors (Lipinski definition) is 0. The molecule has 0 heterocycles. The zero-order valence-electron chi connectivity index (χ0n) is 22.9. The van der Waals surface area contributed by atoms with E-state index in [1.54, 1.807) is 13.0 Å². The van der Waals surface area contributed by atoms with Crippen LogP contribution in [-0.4, -0.2) is 6.61 Å². The van der Waals surface area contributed by atoms with E-state index in [4.69, 9.17) is 4.74 Å². The van der Waals surface area contributed by atoms with Crippen molar-refractivity contribution < 1.29 is 22.3 Å². The molecule has 2 fully saturated rings. The van der Waals surface area contributed by atoms with E-state index in [0.29, 0.717) is 11.1 Å². The van der Waals surface area contributed by atoms with Crippen LogP contribution in [-0.2, 0) is 0 Å². The zero-order chi connectivity index (χ0) is 27.1. The van der Waals surface area contributed by atoms with E-state index < -0.39 is 23.3 Å². The monoisotopic (exact) mass is 530 g/mol. The summed E-state index contributed by atoms with van der Waals surface area (Å²) in [5.41, 5.74) is 1.23. The van der Waals surface area contributed by atoms with Crippen LogP contribution in [0.3, 0.4) is 0 Å². The number of rotatable bonds is 10. The molecule has 2 aliphatic rings. The van der Waals surface area contributed by atoms with Crippen LogP contribution in [0.4, 0.5) is 17.6 Å². The van der Waals surface area contributed by atoms with Crippen LogP contribution < -0.4 is 4.74 Å². The third-order valence-corrected chi connectivity index (χ3v) is 8.78. The molecule has 5 heteroatoms. The van der Waals surface area contributed by atoms with Gasteiger partial charge in [0, 0.05) is 5.56 Å². The van der Waals surface area contributed by atoms with Gasteiger partial charge in [0.2, 0.25) is 5.82 Å². The average Bonchev–Trinajstić information content (AvgIpc) is 2.93. The number of halogens is 4. The predicted molar refractivity (Wildman–Crippen MR) is 146 cm³/mol. The third-order valence-electron chi connectivity index (χ3n) is 8.78. The van der Waals surface area contributed by atoms with Gasteiger partial charge in [0.1, 0.15) is 0 Å². The van der Waals surface area contributed by atoms with Crippen molar-refractivity contribution >= 4 is 6.08 Å². The molecule has 4 rings (SSSR count). The average molecular weight is 531 g/mol. The van der Waals surface area contributed by atoms with Gasteiger partial charge in [-0.3, -0.25) is 0 Å². The molecule has 0 bridgehead atoms. The van der Waals surface area contributed by atoms with Crippen LogP contribution in [0.25, 0.3) is 6.08 Å². The molecule has 38 heavy (non-hydrogen) atoms. The Balaban J connectivity index is 1.33. The number of allylic oxidation sites excluding steroid dienone is 1. The molecular formula is C33H42F4O. The zero-order valence-corrected chi connectivity index (χ0v) is 22.9. The maximum atomic E-state index is 15.2. The summed E-state index contributed by atoms with van der Waals surface area (Å²) in [6.45, 7) is 4.20. The molecule has 0 amide bonds. The standard InChI is InChI=1S/C33H42F4O/c1-3-5-6-7-22-8-13-24(14-9-22)27-19-20-28(32(36)31(27)35)25-15-10-23(11-16-25)12-17-26-18-21-29(38-4-2)33(37)30(26)34/h12,17-25H,3-11,13-16H2,1-2H3. The van der Waals surface area contributed by atoms with Crippen LogP contribution in [0.1, 0.15) is 119 Å². The van der Waals surface area contributed by atoms with Gasteiger partial charge < -0.3 is 4.74 Å². The molecule has 0 atom stereocenters. The third kappa shape index (κ3) is 6.82. The summed E-state index contributed by atoms with van der Waals surface area (Å²) in [6, 6.07) is 6.62. The highest BCUT2D eigenvalue weighted by Gasteiger charge is 2.29. The van der Waals surface area contributed by atoms with Crippen molar-refractivity contribution in [1.29, 1.82) is 0 Å². The van der Waals surface area contributed by atoms with E-state index in [1.165, 1.54) is 37.8 Å². The van der Waals surface area contributed by atoms with E-state index in [0.717, 1.165) is 57.3 Å². The normalized spacial score (nSPS) is 24.2. The number of ether oxygens (including phenoxy) is 1. The van der Waals surface area contributed by atoms with Gasteiger partial charge in [-0.1, -0.05) is 56.9 Å². The quantitative estimate of drug-likeness (QED) is 0.219. The van der Waals surface area contributed by atoms with Crippen LogP contribution >= 0.6 is 0 Å². The van der Waals surface area contributed by atoms with Crippen LogP contribution in [0.5, 0.6) is 5.75 Å². The highest BCUT2D eigenvalue weighted by atomic mass is 19.2. The van der Waals surface area contributed by atoms with E-state index in [-0.39, 0.29) is 35.7 Å². The van der Waals surface area contributed by atoms with Gasteiger partial charge in [0.25, 0.3) is 0 Å². The Hall–Kier alpha value is -2.30. The minimum Gasteiger partial charge on any atom is -0.491 e. The van der Waals surface area contributed by atoms with Crippen molar-refractivity contribution in [2.75, 3.05) is 6.61 Å². The van der Waals surface area contributed by atoms with Gasteiger partial charge in [0.05, 0.1) is 6.61 Å². The van der Waals surface area contributed by atoms with Crippen molar-refractivity contribution in [3.8, 4) is 5.75 Å². The summed E-state index contributed by atoms with van der Waals surface area (Å²) in [7, 11) is 0. The Morgan fingerprint density at radius 1 is 0.711 bits per heavy atom. The van der Waals surface area contributed by atoms with Gasteiger partial charge in [-0.25, -0.2) is 13.2 Å². The highest BCUT2D eigenvalue weighted by molar-refractivity contribution is 5.52. The maximum absolute atomic E-state index is 15.2. The van der Waals surface area contributed by atoms with Crippen LogP contribution in [0.2, 0.25) is 0 Å². The molecule has 0 N–H and O–H groups in total. The summed E-state index contributed by atoms with van der Waals surface area (Å²) in [4.78, 5) is 0. The van der Waals surface area contributed by atoms with Crippen molar-refractivity contribution in [1.82, 2.24) is 0 Å². The topological polar surface area (TPSA) is 9.23 Å². The van der Waals surface area contributed by atoms with Crippen LogP contribution in [0, 0.1) is 35.1 Å². The van der Waals surface area contributed by atoms with Crippen LogP contribution in [0.15, 0.2) is 30.3 Å². The molecule has 2 aliphatic carbocycles. The lowest BCUT2D eigenvalue weighted by Gasteiger charge is -2.30. The SMILES string of the molecule is CCCCCC1CCC(c2ccc(C3CCC(C=Cc4ccc(OCC)c(F)c4F)CC3)c(F)c2F)CC1. The summed E-state index contributed by atoms with van der Waals surface area (Å²) in [5.74, 6) is -2.25. The van der Waals surface area contributed by atoms with Crippen molar-refractivity contribution in [2.24, 2.45) is 11.8 Å². The smallest absolute Gasteiger partial charge is 0.201 e. The molecule has 2 aromatic rings. The second-order valence-corrected chi connectivity index (χ2v) is 11.3. The van der Waals surface area contributed by atoms with Gasteiger partial charge in [-0.05, 0) is 105 Å². The minimum atomic E-state index is -0.973. The Morgan fingerprint density at radius 2 is 1.32 bits per heavy atom. The maximum Gasteiger partial charge on any atom is 0.201 e. The van der Waals surface area contributed by atoms with E-state index in [2.05, 4.69) is 6.92 Å². The largest absolute Gasteiger partial charge is 0.491 e. The molecule has 2 saturated carbocycles. The summed E-state index contributed by atoms with van der Waals surface area (Å²) in [5, 5.41) is 0. The van der Waals surface area contributed by atoms with Crippen molar-refractivity contribution in [3.05, 3.63) is 70.3 Å². The molecule has 0 saturated heterocycles. The van der Waals surface area contributed by atoms with Gasteiger partial charge >= 0.3 is 0 Å². The molecular weight excluding hydrogens is 488 g/mol. The Bertz CT molecular complexity index is 1080. The highest BCUT2D eigenvalue weighted by Crippen LogP contribution is 2.42. The lowest BCUT2D eigenvalue weighted by Crippen LogP contribution is -2.17. The second-order valence-electron chi connectivity index (χ2n) is 11.3. The molecule has 0 unspecified atom stereocenters. The molecule has 0 spiro atoms. The lowest BCUT2D eigenvalue weighted by molar-refractivity contribution is 0.297. The minimum absolute atomic E-state index is 0.0165. The molecule has 208 valence electrons. The number of benzene rings is 2. The van der Waals surface area contributed by atoms with Crippen molar-refractivity contribution in [2.45, 2.75) is 103 Å². The van der Waals surface area contributed by atoms with Gasteiger partial charge in [0.15, 0.2) is 23.2 Å². The first-order valence-corrected chi connectivity index (χ1v) is 14.7. The summed E-state index contributed by atoms with van der Waals surface area (Å²) >= 11 is 0. The Kier molecular flexibility index (Phi) is 10.3. The van der Waals surface area contributed by atoms with Gasteiger partial charge in [-0.15, -0.1) is 0 Å². The molecule has 0 aliphatic heterocycles. The second kappa shape index (κ2) is 13.7. The van der Waals surface area contributed by atoms with Crippen molar-refractivity contribution in [3.63, 3.8) is 0 Å². The predicted octanol–water partition coefficient (Wildman–Crippen LogP) is 10.5. The molecule has 0 aromatic heterocycles. The lowest BCUT2D eigenvalue weighted by atomic mass is 9.75. The molecule has 0 radical (unpaired) electrons. The Morgan fingerprint density at radius 3 is 1.89 bits per heavy atom. The fourth-order valence-corrected chi connectivity index (χ4v) is 6.46. The van der Waals surface area contributed by atoms with Gasteiger partial charge in [-0.2, -0.15) is 4.39 Å².